The van der Waals surface area contributed by atoms with Gasteiger partial charge in [0, 0.05) is 12.5 Å². The van der Waals surface area contributed by atoms with Crippen LogP contribution < -0.4 is 0 Å². The molecule has 0 fully saturated rings. The van der Waals surface area contributed by atoms with E-state index in [9.17, 15) is 9.59 Å². The van der Waals surface area contributed by atoms with E-state index in [2.05, 4.69) is 9.47 Å². The third-order valence-electron chi connectivity index (χ3n) is 6.18. The van der Waals surface area contributed by atoms with Crippen molar-refractivity contribution in [2.75, 3.05) is 14.2 Å². The molecule has 0 N–H and O–H groups in total. The van der Waals surface area contributed by atoms with E-state index >= 15 is 0 Å². The van der Waals surface area contributed by atoms with Crippen LogP contribution in [-0.4, -0.2) is 26.2 Å². The summed E-state index contributed by atoms with van der Waals surface area (Å²) in [5, 5.41) is 0. The van der Waals surface area contributed by atoms with Crippen molar-refractivity contribution in [3.8, 4) is 0 Å². The molecule has 0 spiro atoms. The molecule has 0 aliphatic rings. The van der Waals surface area contributed by atoms with E-state index in [4.69, 9.17) is 0 Å². The van der Waals surface area contributed by atoms with Crippen molar-refractivity contribution in [1.29, 1.82) is 0 Å². The van der Waals surface area contributed by atoms with Gasteiger partial charge < -0.3 is 9.47 Å². The maximum atomic E-state index is 11.0. The predicted octanol–water partition coefficient (Wildman–Crippen LogP) is 8.47. The summed E-state index contributed by atoms with van der Waals surface area (Å²) in [6.45, 7) is 0. The monoisotopic (exact) mass is 452 g/mol. The molecular weight excluding hydrogens is 400 g/mol. The number of methoxy groups -OCH3 is 2. The lowest BCUT2D eigenvalue weighted by Gasteiger charge is -2.04. The number of hydrogen-bond acceptors (Lipinski definition) is 4. The van der Waals surface area contributed by atoms with Crippen molar-refractivity contribution in [3.63, 3.8) is 0 Å². The predicted molar refractivity (Wildman–Crippen MR) is 135 cm³/mol. The highest BCUT2D eigenvalue weighted by molar-refractivity contribution is 5.81. The number of carbonyl (C=O) groups is 2. The van der Waals surface area contributed by atoms with Gasteiger partial charge in [0.05, 0.1) is 14.2 Å². The van der Waals surface area contributed by atoms with Crippen LogP contribution >= 0.6 is 0 Å². The average molecular weight is 453 g/mol. The largest absolute Gasteiger partial charge is 0.469 e. The van der Waals surface area contributed by atoms with Gasteiger partial charge in [0.15, 0.2) is 0 Å². The van der Waals surface area contributed by atoms with Gasteiger partial charge in [0.25, 0.3) is 0 Å². The average Bonchev–Trinajstić information content (AvgIpc) is 2.81. The van der Waals surface area contributed by atoms with Crippen LogP contribution in [0.1, 0.15) is 141 Å². The van der Waals surface area contributed by atoms with E-state index < -0.39 is 0 Å². The Bertz CT molecular complexity index is 445. The van der Waals surface area contributed by atoms with Gasteiger partial charge >= 0.3 is 11.9 Å². The molecule has 32 heavy (non-hydrogen) atoms. The van der Waals surface area contributed by atoms with Crippen LogP contribution in [0.25, 0.3) is 0 Å². The van der Waals surface area contributed by atoms with Gasteiger partial charge in [-0.3, -0.25) is 4.79 Å². The standard InChI is InChI=1S/C28H52O4/c1-31-27(29)25-23-21-19-17-15-13-11-9-7-5-3-4-6-8-10-12-14-16-18-20-22-24-26-28(30)32-2/h23,25H,3-22,24,26H2,1-2H3. The second-order valence-corrected chi connectivity index (χ2v) is 9.11. The van der Waals surface area contributed by atoms with Gasteiger partial charge in [-0.15, -0.1) is 0 Å². The quantitative estimate of drug-likeness (QED) is 0.0837. The maximum absolute atomic E-state index is 11.0. The van der Waals surface area contributed by atoms with E-state index in [1.54, 1.807) is 0 Å². The van der Waals surface area contributed by atoms with Crippen molar-refractivity contribution in [2.24, 2.45) is 0 Å². The smallest absolute Gasteiger partial charge is 0.330 e. The summed E-state index contributed by atoms with van der Waals surface area (Å²) >= 11 is 0. The van der Waals surface area contributed by atoms with Crippen LogP contribution in [0.2, 0.25) is 0 Å². The minimum atomic E-state index is -0.252. The van der Waals surface area contributed by atoms with Gasteiger partial charge in [-0.25, -0.2) is 4.79 Å². The van der Waals surface area contributed by atoms with Crippen LogP contribution in [0.15, 0.2) is 12.2 Å². The Morgan fingerprint density at radius 2 is 0.844 bits per heavy atom. The molecular formula is C28H52O4. The molecule has 0 atom stereocenters. The normalized spacial score (nSPS) is 11.2. The van der Waals surface area contributed by atoms with Gasteiger partial charge in [-0.2, -0.15) is 0 Å². The Morgan fingerprint density at radius 3 is 1.19 bits per heavy atom. The van der Waals surface area contributed by atoms with Crippen LogP contribution in [-0.2, 0) is 19.1 Å². The molecule has 0 aromatic carbocycles. The second kappa shape index (κ2) is 25.9. The van der Waals surface area contributed by atoms with Gasteiger partial charge in [0.1, 0.15) is 0 Å². The third kappa shape index (κ3) is 24.9. The van der Waals surface area contributed by atoms with Crippen LogP contribution in [0.4, 0.5) is 0 Å². The molecule has 0 saturated heterocycles. The van der Waals surface area contributed by atoms with Crippen LogP contribution in [0, 0.1) is 0 Å². The Balaban J connectivity index is 3.08. The minimum absolute atomic E-state index is 0.0730. The molecule has 0 aliphatic carbocycles. The third-order valence-corrected chi connectivity index (χ3v) is 6.18. The fourth-order valence-electron chi connectivity index (χ4n) is 4.06. The lowest BCUT2D eigenvalue weighted by Crippen LogP contribution is -1.99. The highest BCUT2D eigenvalue weighted by Crippen LogP contribution is 2.15. The molecule has 0 aromatic rings. The van der Waals surface area contributed by atoms with Crippen molar-refractivity contribution < 1.29 is 19.1 Å². The molecule has 0 rings (SSSR count). The zero-order valence-corrected chi connectivity index (χ0v) is 21.3. The fraction of sp³-hybridized carbons (Fsp3) is 0.857. The first-order valence-corrected chi connectivity index (χ1v) is 13.5. The first-order valence-electron chi connectivity index (χ1n) is 13.5. The Kier molecular flexibility index (Phi) is 24.9. The summed E-state index contributed by atoms with van der Waals surface area (Å²) in [6, 6.07) is 0. The molecule has 0 saturated carbocycles. The number of allylic oxidation sites excluding steroid dienone is 1. The van der Waals surface area contributed by atoms with E-state index in [0.717, 1.165) is 19.3 Å². The summed E-state index contributed by atoms with van der Waals surface area (Å²) in [4.78, 5) is 21.9. The summed E-state index contributed by atoms with van der Waals surface area (Å²) in [6.07, 6.45) is 31.6. The highest BCUT2D eigenvalue weighted by atomic mass is 16.5. The number of ether oxygens (including phenoxy) is 2. The van der Waals surface area contributed by atoms with Crippen molar-refractivity contribution in [3.05, 3.63) is 12.2 Å². The molecule has 188 valence electrons. The van der Waals surface area contributed by atoms with Crippen LogP contribution in [0.3, 0.4) is 0 Å². The molecule has 0 radical (unpaired) electrons. The number of unbranched alkanes of at least 4 members (excludes halogenated alkanes) is 20. The molecule has 0 heterocycles. The second-order valence-electron chi connectivity index (χ2n) is 9.11. The summed E-state index contributed by atoms with van der Waals surface area (Å²) in [5.41, 5.74) is 0. The lowest BCUT2D eigenvalue weighted by molar-refractivity contribution is -0.140. The van der Waals surface area contributed by atoms with Crippen molar-refractivity contribution in [2.45, 2.75) is 141 Å². The molecule has 0 aromatic heterocycles. The Labute approximate surface area is 198 Å². The number of hydrogen-bond donors (Lipinski definition) is 0. The fourth-order valence-corrected chi connectivity index (χ4v) is 4.06. The molecule has 0 amide bonds. The van der Waals surface area contributed by atoms with E-state index in [-0.39, 0.29) is 11.9 Å². The lowest BCUT2D eigenvalue weighted by atomic mass is 10.0. The molecule has 0 unspecified atom stereocenters. The first-order chi connectivity index (χ1) is 15.7. The highest BCUT2D eigenvalue weighted by Gasteiger charge is 1.99. The van der Waals surface area contributed by atoms with Crippen molar-refractivity contribution >= 4 is 11.9 Å². The zero-order valence-electron chi connectivity index (χ0n) is 21.3. The van der Waals surface area contributed by atoms with E-state index in [1.165, 1.54) is 136 Å². The molecule has 0 aliphatic heterocycles. The van der Waals surface area contributed by atoms with E-state index in [1.807, 2.05) is 6.08 Å². The van der Waals surface area contributed by atoms with E-state index in [0.29, 0.717) is 6.42 Å². The maximum Gasteiger partial charge on any atom is 0.330 e. The summed E-state index contributed by atoms with van der Waals surface area (Å²) in [5.74, 6) is -0.325. The first kappa shape index (κ1) is 30.7. The Hall–Kier alpha value is -1.32. The zero-order chi connectivity index (χ0) is 23.5. The number of carbonyl (C=O) groups excluding carboxylic acids is 2. The van der Waals surface area contributed by atoms with Crippen LogP contribution in [0.5, 0.6) is 0 Å². The number of rotatable bonds is 24. The summed E-state index contributed by atoms with van der Waals surface area (Å²) in [7, 11) is 2.88. The topological polar surface area (TPSA) is 52.6 Å². The summed E-state index contributed by atoms with van der Waals surface area (Å²) < 4.78 is 9.23. The molecule has 0 bridgehead atoms. The number of esters is 2. The van der Waals surface area contributed by atoms with Crippen molar-refractivity contribution in [1.82, 2.24) is 0 Å². The van der Waals surface area contributed by atoms with Gasteiger partial charge in [0.2, 0.25) is 0 Å². The van der Waals surface area contributed by atoms with Gasteiger partial charge in [-0.1, -0.05) is 122 Å². The van der Waals surface area contributed by atoms with Gasteiger partial charge in [-0.05, 0) is 19.3 Å². The SMILES string of the molecule is COC(=O)C=CCCCCCCCCCCCCCCCCCCCCCCC(=O)OC. The minimum Gasteiger partial charge on any atom is -0.469 e. The molecule has 4 heteroatoms. The Morgan fingerprint density at radius 1 is 0.500 bits per heavy atom. The molecule has 4 nitrogen and oxygen atoms in total.